The van der Waals surface area contributed by atoms with Crippen LogP contribution < -0.4 is 0 Å². The molecule has 0 spiro atoms. The molecule has 5 nitrogen and oxygen atoms in total. The van der Waals surface area contributed by atoms with Gasteiger partial charge >= 0.3 is 0 Å². The lowest BCUT2D eigenvalue weighted by Gasteiger charge is -2.26. The molecular formula is C30H66N2O3P+. The molecule has 0 aromatic heterocycles. The summed E-state index contributed by atoms with van der Waals surface area (Å²) < 4.78 is 19.4. The summed E-state index contributed by atoms with van der Waals surface area (Å²) in [6.45, 7) is 4.69. The summed E-state index contributed by atoms with van der Waals surface area (Å²) in [5.74, 6) is 0. The lowest BCUT2D eigenvalue weighted by molar-refractivity contribution is -0.870. The van der Waals surface area contributed by atoms with E-state index in [9.17, 15) is 9.46 Å². The third-order valence-electron chi connectivity index (χ3n) is 7.33. The van der Waals surface area contributed by atoms with E-state index in [0.29, 0.717) is 18.9 Å². The average molecular weight is 534 g/mol. The van der Waals surface area contributed by atoms with Gasteiger partial charge < -0.3 is 19.0 Å². The van der Waals surface area contributed by atoms with Crippen molar-refractivity contribution in [3.05, 3.63) is 0 Å². The minimum absolute atomic E-state index is 0.213. The molecule has 1 N–H and O–H groups in total. The molecule has 0 radical (unpaired) electrons. The summed E-state index contributed by atoms with van der Waals surface area (Å²) in [5.41, 5.74) is 0. The van der Waals surface area contributed by atoms with Crippen LogP contribution in [-0.4, -0.2) is 87.6 Å². The van der Waals surface area contributed by atoms with Crippen molar-refractivity contribution in [2.75, 3.05) is 67.3 Å². The largest absolute Gasteiger partial charge is 0.380 e. The van der Waals surface area contributed by atoms with Crippen molar-refractivity contribution in [2.45, 2.75) is 129 Å². The van der Waals surface area contributed by atoms with Crippen LogP contribution in [0.2, 0.25) is 0 Å². The van der Waals surface area contributed by atoms with Crippen LogP contribution >= 0.6 is 7.37 Å². The maximum absolute atomic E-state index is 12.6. The summed E-state index contributed by atoms with van der Waals surface area (Å²) in [7, 11) is 7.42. The predicted octanol–water partition coefficient (Wildman–Crippen LogP) is 7.95. The number of nitrogens with zero attached hydrogens (tertiary/aromatic N) is 2. The van der Waals surface area contributed by atoms with E-state index in [0.717, 1.165) is 36.9 Å². The van der Waals surface area contributed by atoms with Gasteiger partial charge in [0.15, 0.2) is 0 Å². The van der Waals surface area contributed by atoms with Crippen LogP contribution in [0.15, 0.2) is 0 Å². The van der Waals surface area contributed by atoms with Gasteiger partial charge in [-0.2, -0.15) is 0 Å². The van der Waals surface area contributed by atoms with Crippen LogP contribution in [0, 0.1) is 0 Å². The zero-order valence-corrected chi connectivity index (χ0v) is 26.3. The van der Waals surface area contributed by atoms with Crippen molar-refractivity contribution in [1.29, 1.82) is 0 Å². The van der Waals surface area contributed by atoms with Gasteiger partial charge in [-0.25, -0.2) is 0 Å². The molecule has 2 atom stereocenters. The van der Waals surface area contributed by atoms with Crippen LogP contribution in [-0.2, 0) is 9.30 Å². The van der Waals surface area contributed by atoms with Gasteiger partial charge in [-0.05, 0) is 26.9 Å². The highest BCUT2D eigenvalue weighted by atomic mass is 31.2. The topological polar surface area (TPSA) is 49.8 Å². The number of ether oxygens (including phenoxy) is 1. The molecule has 0 aliphatic rings. The normalized spacial score (nSPS) is 14.9. The Morgan fingerprint density at radius 2 is 1.17 bits per heavy atom. The molecular weight excluding hydrogens is 467 g/mol. The fourth-order valence-corrected chi connectivity index (χ4v) is 6.28. The quantitative estimate of drug-likeness (QED) is 0.0661. The summed E-state index contributed by atoms with van der Waals surface area (Å²) in [6, 6.07) is 0.213. The third kappa shape index (κ3) is 25.7. The number of likely N-dealkylation sites (N-methyl/N-ethyl adjacent to an activating group) is 1. The van der Waals surface area contributed by atoms with E-state index >= 15 is 0 Å². The average Bonchev–Trinajstić information content (AvgIpc) is 2.78. The molecule has 0 bridgehead atoms. The molecule has 36 heavy (non-hydrogen) atoms. The molecule has 0 aromatic rings. The highest BCUT2D eigenvalue weighted by Gasteiger charge is 2.23. The van der Waals surface area contributed by atoms with Crippen molar-refractivity contribution in [3.8, 4) is 0 Å². The highest BCUT2D eigenvalue weighted by molar-refractivity contribution is 7.57. The summed E-state index contributed by atoms with van der Waals surface area (Å²) >= 11 is 0. The molecule has 2 unspecified atom stereocenters. The maximum Gasteiger partial charge on any atom is 0.200 e. The van der Waals surface area contributed by atoms with E-state index in [4.69, 9.17) is 4.74 Å². The second-order valence-electron chi connectivity index (χ2n) is 12.4. The molecule has 0 amide bonds. The molecule has 0 saturated carbocycles. The van der Waals surface area contributed by atoms with Crippen LogP contribution in [0.3, 0.4) is 0 Å². The molecule has 218 valence electrons. The summed E-state index contributed by atoms with van der Waals surface area (Å²) in [4.78, 5) is 12.5. The molecule has 0 aliphatic carbocycles. The Balaban J connectivity index is 3.61. The van der Waals surface area contributed by atoms with E-state index in [1.165, 1.54) is 96.3 Å². The van der Waals surface area contributed by atoms with Gasteiger partial charge in [0.1, 0.15) is 0 Å². The first-order chi connectivity index (χ1) is 17.1. The second-order valence-corrected chi connectivity index (χ2v) is 15.0. The molecule has 0 aliphatic heterocycles. The van der Waals surface area contributed by atoms with Gasteiger partial charge in [0, 0.05) is 31.4 Å². The fourth-order valence-electron chi connectivity index (χ4n) is 4.72. The van der Waals surface area contributed by atoms with Gasteiger partial charge in [-0.3, -0.25) is 4.57 Å². The Kier molecular flexibility index (Phi) is 23.0. The lowest BCUT2D eigenvalue weighted by Crippen LogP contribution is -2.35. The van der Waals surface area contributed by atoms with Gasteiger partial charge in [0.05, 0.1) is 34.3 Å². The van der Waals surface area contributed by atoms with Gasteiger partial charge in [-0.15, -0.1) is 0 Å². The Labute approximate surface area is 226 Å². The van der Waals surface area contributed by atoms with E-state index < -0.39 is 7.37 Å². The van der Waals surface area contributed by atoms with E-state index in [2.05, 4.69) is 33.0 Å². The number of rotatable bonds is 27. The highest BCUT2D eigenvalue weighted by Crippen LogP contribution is 2.42. The van der Waals surface area contributed by atoms with E-state index in [-0.39, 0.29) is 6.04 Å². The van der Waals surface area contributed by atoms with E-state index in [1.807, 2.05) is 14.1 Å². The summed E-state index contributed by atoms with van der Waals surface area (Å²) in [6.07, 6.45) is 24.5. The first kappa shape index (κ1) is 36.1. The maximum atomic E-state index is 12.6. The number of hydrogen-bond acceptors (Lipinski definition) is 3. The van der Waals surface area contributed by atoms with Gasteiger partial charge in [0.25, 0.3) is 0 Å². The van der Waals surface area contributed by atoms with Crippen molar-refractivity contribution in [2.24, 2.45) is 0 Å². The SMILES string of the molecule is CCCCCCCCCCCCCCCCCCOCC(CCP(=O)(O)CCC[N+](C)(C)C)N(C)C. The van der Waals surface area contributed by atoms with Gasteiger partial charge in [0.2, 0.25) is 7.37 Å². The lowest BCUT2D eigenvalue weighted by atomic mass is 10.0. The van der Waals surface area contributed by atoms with E-state index in [1.54, 1.807) is 0 Å². The predicted molar refractivity (Wildman–Crippen MR) is 160 cm³/mol. The first-order valence-electron chi connectivity index (χ1n) is 15.4. The number of hydrogen-bond donors (Lipinski definition) is 1. The smallest absolute Gasteiger partial charge is 0.200 e. The second kappa shape index (κ2) is 23.0. The first-order valence-corrected chi connectivity index (χ1v) is 17.5. The number of quaternary nitrogens is 1. The van der Waals surface area contributed by atoms with Crippen molar-refractivity contribution in [3.63, 3.8) is 0 Å². The number of unbranched alkanes of at least 4 members (excludes halogenated alkanes) is 15. The molecule has 0 heterocycles. The standard InChI is InChI=1S/C30H65N2O3P/c1-7-8-9-10-11-12-13-14-15-16-17-18-19-20-21-22-26-35-29-30(31(2)3)24-28-36(33,34)27-23-25-32(4,5)6/h30H,7-29H2,1-6H3/p+1. The molecule has 0 fully saturated rings. The summed E-state index contributed by atoms with van der Waals surface area (Å²) in [5, 5.41) is 0. The Hall–Kier alpha value is 0.0700. The molecule has 0 rings (SSSR count). The van der Waals surface area contributed by atoms with Crippen LogP contribution in [0.1, 0.15) is 122 Å². The monoisotopic (exact) mass is 533 g/mol. The van der Waals surface area contributed by atoms with Crippen LogP contribution in [0.4, 0.5) is 0 Å². The molecule has 0 aromatic carbocycles. The fraction of sp³-hybridized carbons (Fsp3) is 1.00. The van der Waals surface area contributed by atoms with Gasteiger partial charge in [-0.1, -0.05) is 103 Å². The Bertz CT molecular complexity index is 523. The molecule has 6 heteroatoms. The zero-order chi connectivity index (χ0) is 27.1. The molecule has 0 saturated heterocycles. The minimum atomic E-state index is -3.04. The van der Waals surface area contributed by atoms with Crippen molar-refractivity contribution in [1.82, 2.24) is 4.90 Å². The Morgan fingerprint density at radius 3 is 1.58 bits per heavy atom. The zero-order valence-electron chi connectivity index (χ0n) is 25.4. The third-order valence-corrected chi connectivity index (χ3v) is 9.30. The Morgan fingerprint density at radius 1 is 0.722 bits per heavy atom. The minimum Gasteiger partial charge on any atom is -0.380 e. The van der Waals surface area contributed by atoms with Crippen molar-refractivity contribution < 1.29 is 18.7 Å². The van der Waals surface area contributed by atoms with Crippen LogP contribution in [0.5, 0.6) is 0 Å². The van der Waals surface area contributed by atoms with Crippen LogP contribution in [0.25, 0.3) is 0 Å². The van der Waals surface area contributed by atoms with Crippen molar-refractivity contribution >= 4 is 7.37 Å².